The summed E-state index contributed by atoms with van der Waals surface area (Å²) in [6.45, 7) is 2.06. The highest BCUT2D eigenvalue weighted by Gasteiger charge is 2.07. The van der Waals surface area contributed by atoms with E-state index in [0.29, 0.717) is 11.1 Å². The van der Waals surface area contributed by atoms with Crippen molar-refractivity contribution in [3.8, 4) is 0 Å². The molecule has 4 N–H and O–H groups in total. The number of carbonyl (C=O) groups is 1. The van der Waals surface area contributed by atoms with E-state index >= 15 is 0 Å². The van der Waals surface area contributed by atoms with E-state index in [9.17, 15) is 4.79 Å². The predicted octanol–water partition coefficient (Wildman–Crippen LogP) is 2.60. The van der Waals surface area contributed by atoms with Crippen LogP contribution < -0.4 is 11.1 Å². The van der Waals surface area contributed by atoms with Crippen LogP contribution in [-0.2, 0) is 6.42 Å². The van der Waals surface area contributed by atoms with Crippen molar-refractivity contribution in [1.29, 1.82) is 0 Å². The van der Waals surface area contributed by atoms with Gasteiger partial charge in [-0.1, -0.05) is 36.3 Å². The minimum Gasteiger partial charge on any atom is -0.409 e. The lowest BCUT2D eigenvalue weighted by Gasteiger charge is -2.07. The molecule has 0 spiro atoms. The molecule has 0 saturated heterocycles. The Morgan fingerprint density at radius 2 is 1.86 bits per heavy atom. The quantitative estimate of drug-likeness (QED) is 0.349. The average molecular weight is 283 g/mol. The average Bonchev–Trinajstić information content (AvgIpc) is 2.54. The Labute approximate surface area is 123 Å². The van der Waals surface area contributed by atoms with Crippen LogP contribution in [0.2, 0.25) is 0 Å². The minimum atomic E-state index is -0.200. The number of amidine groups is 1. The smallest absolute Gasteiger partial charge is 0.255 e. The lowest BCUT2D eigenvalue weighted by atomic mass is 10.1. The van der Waals surface area contributed by atoms with E-state index in [1.807, 2.05) is 24.3 Å². The van der Waals surface area contributed by atoms with Gasteiger partial charge in [0.1, 0.15) is 0 Å². The predicted molar refractivity (Wildman–Crippen MR) is 82.7 cm³/mol. The third kappa shape index (κ3) is 3.60. The molecule has 1 amide bonds. The molecule has 0 aromatic heterocycles. The molecule has 0 aliphatic heterocycles. The molecule has 0 unspecified atom stereocenters. The van der Waals surface area contributed by atoms with Crippen LogP contribution in [-0.4, -0.2) is 17.0 Å². The summed E-state index contributed by atoms with van der Waals surface area (Å²) in [5.74, 6) is -0.188. The molecule has 5 heteroatoms. The molecule has 5 nitrogen and oxygen atoms in total. The number of nitrogens with zero attached hydrogens (tertiary/aromatic N) is 1. The number of rotatable bonds is 4. The third-order valence-electron chi connectivity index (χ3n) is 3.14. The Bertz CT molecular complexity index is 663. The van der Waals surface area contributed by atoms with Gasteiger partial charge in [0, 0.05) is 16.8 Å². The van der Waals surface area contributed by atoms with Gasteiger partial charge in [0.05, 0.1) is 0 Å². The highest BCUT2D eigenvalue weighted by atomic mass is 16.4. The maximum absolute atomic E-state index is 12.1. The van der Waals surface area contributed by atoms with E-state index in [4.69, 9.17) is 10.9 Å². The van der Waals surface area contributed by atoms with Crippen LogP contribution in [0, 0.1) is 0 Å². The molecule has 0 fully saturated rings. The number of oxime groups is 1. The zero-order chi connectivity index (χ0) is 15.2. The first-order valence-electron chi connectivity index (χ1n) is 6.62. The summed E-state index contributed by atoms with van der Waals surface area (Å²) in [7, 11) is 0. The Kier molecular flexibility index (Phi) is 4.56. The zero-order valence-electron chi connectivity index (χ0n) is 11.7. The van der Waals surface area contributed by atoms with Gasteiger partial charge in [-0.15, -0.1) is 0 Å². The lowest BCUT2D eigenvalue weighted by Crippen LogP contribution is -2.15. The first-order valence-corrected chi connectivity index (χ1v) is 6.62. The minimum absolute atomic E-state index is 0.0117. The van der Waals surface area contributed by atoms with Gasteiger partial charge in [-0.25, -0.2) is 0 Å². The van der Waals surface area contributed by atoms with Gasteiger partial charge >= 0.3 is 0 Å². The van der Waals surface area contributed by atoms with Crippen LogP contribution >= 0.6 is 0 Å². The van der Waals surface area contributed by atoms with E-state index in [1.165, 1.54) is 0 Å². The summed E-state index contributed by atoms with van der Waals surface area (Å²) in [4.78, 5) is 12.1. The van der Waals surface area contributed by atoms with Crippen molar-refractivity contribution in [3.05, 3.63) is 65.2 Å². The fraction of sp³-hybridized carbons (Fsp3) is 0.125. The van der Waals surface area contributed by atoms with Crippen LogP contribution in [0.15, 0.2) is 53.7 Å². The van der Waals surface area contributed by atoms with Crippen molar-refractivity contribution in [3.63, 3.8) is 0 Å². The van der Waals surface area contributed by atoms with Crippen LogP contribution in [0.3, 0.4) is 0 Å². The number of amides is 1. The van der Waals surface area contributed by atoms with Crippen molar-refractivity contribution in [2.24, 2.45) is 10.9 Å². The van der Waals surface area contributed by atoms with Crippen LogP contribution in [0.4, 0.5) is 5.69 Å². The van der Waals surface area contributed by atoms with E-state index < -0.39 is 0 Å². The first kappa shape index (κ1) is 14.6. The lowest BCUT2D eigenvalue weighted by molar-refractivity contribution is 0.102. The van der Waals surface area contributed by atoms with E-state index in [0.717, 1.165) is 17.7 Å². The number of hydrogen-bond acceptors (Lipinski definition) is 3. The van der Waals surface area contributed by atoms with Gasteiger partial charge in [-0.2, -0.15) is 0 Å². The Morgan fingerprint density at radius 3 is 2.48 bits per heavy atom. The summed E-state index contributed by atoms with van der Waals surface area (Å²) in [5.41, 5.74) is 8.46. The standard InChI is InChI=1S/C16H17N3O2/c1-2-11-4-3-5-14(10-11)18-16(20)13-8-6-12(7-9-13)15(17)19-21/h3-10,21H,2H2,1H3,(H2,17,19)(H,18,20). The number of aryl methyl sites for hydroxylation is 1. The van der Waals surface area contributed by atoms with Crippen LogP contribution in [0.1, 0.15) is 28.4 Å². The Hall–Kier alpha value is -2.82. The molecule has 2 aromatic rings. The molecular weight excluding hydrogens is 266 g/mol. The summed E-state index contributed by atoms with van der Waals surface area (Å²) in [5, 5.41) is 14.4. The van der Waals surface area contributed by atoms with Crippen LogP contribution in [0.25, 0.3) is 0 Å². The van der Waals surface area contributed by atoms with Crippen molar-refractivity contribution in [1.82, 2.24) is 0 Å². The molecule has 108 valence electrons. The van der Waals surface area contributed by atoms with Crippen molar-refractivity contribution < 1.29 is 10.0 Å². The Balaban J connectivity index is 2.13. The van der Waals surface area contributed by atoms with Gasteiger partial charge in [0.15, 0.2) is 5.84 Å². The monoisotopic (exact) mass is 283 g/mol. The highest BCUT2D eigenvalue weighted by Crippen LogP contribution is 2.13. The maximum atomic E-state index is 12.1. The zero-order valence-corrected chi connectivity index (χ0v) is 11.7. The van der Waals surface area contributed by atoms with Crippen LogP contribution in [0.5, 0.6) is 0 Å². The molecule has 0 heterocycles. The molecule has 0 radical (unpaired) electrons. The third-order valence-corrected chi connectivity index (χ3v) is 3.14. The normalized spacial score (nSPS) is 11.2. The van der Waals surface area contributed by atoms with Gasteiger partial charge in [0.25, 0.3) is 5.91 Å². The molecule has 2 rings (SSSR count). The van der Waals surface area contributed by atoms with E-state index in [2.05, 4.69) is 17.4 Å². The molecule has 0 aliphatic rings. The maximum Gasteiger partial charge on any atom is 0.255 e. The van der Waals surface area contributed by atoms with Crippen molar-refractivity contribution >= 4 is 17.4 Å². The molecule has 21 heavy (non-hydrogen) atoms. The largest absolute Gasteiger partial charge is 0.409 e. The molecule has 0 aliphatic carbocycles. The number of hydrogen-bond donors (Lipinski definition) is 3. The van der Waals surface area contributed by atoms with Crippen molar-refractivity contribution in [2.45, 2.75) is 13.3 Å². The van der Waals surface area contributed by atoms with E-state index in [1.54, 1.807) is 24.3 Å². The number of benzene rings is 2. The number of nitrogens with two attached hydrogens (primary N) is 1. The molecule has 0 atom stereocenters. The second-order valence-corrected chi connectivity index (χ2v) is 4.57. The molecule has 0 bridgehead atoms. The van der Waals surface area contributed by atoms with Gasteiger partial charge in [-0.3, -0.25) is 4.79 Å². The van der Waals surface area contributed by atoms with E-state index in [-0.39, 0.29) is 11.7 Å². The second-order valence-electron chi connectivity index (χ2n) is 4.57. The highest BCUT2D eigenvalue weighted by molar-refractivity contribution is 6.05. The van der Waals surface area contributed by atoms with Gasteiger partial charge < -0.3 is 16.3 Å². The summed E-state index contributed by atoms with van der Waals surface area (Å²) >= 11 is 0. The number of anilines is 1. The summed E-state index contributed by atoms with van der Waals surface area (Å²) in [6, 6.07) is 14.2. The summed E-state index contributed by atoms with van der Waals surface area (Å²) < 4.78 is 0. The van der Waals surface area contributed by atoms with Crippen molar-refractivity contribution in [2.75, 3.05) is 5.32 Å². The molecular formula is C16H17N3O2. The molecule has 2 aromatic carbocycles. The fourth-order valence-corrected chi connectivity index (χ4v) is 1.92. The van der Waals surface area contributed by atoms with Gasteiger partial charge in [0.2, 0.25) is 0 Å². The first-order chi connectivity index (χ1) is 10.1. The number of nitrogens with one attached hydrogen (secondary N) is 1. The number of carbonyl (C=O) groups excluding carboxylic acids is 1. The molecule has 0 saturated carbocycles. The Morgan fingerprint density at radius 1 is 1.19 bits per heavy atom. The van der Waals surface area contributed by atoms with Gasteiger partial charge in [-0.05, 0) is 36.2 Å². The SMILES string of the molecule is CCc1cccc(NC(=O)c2ccc(/C(N)=N/O)cc2)c1. The fourth-order valence-electron chi connectivity index (χ4n) is 1.92. The topological polar surface area (TPSA) is 87.7 Å². The summed E-state index contributed by atoms with van der Waals surface area (Å²) in [6.07, 6.45) is 0.915. The second kappa shape index (κ2) is 6.56.